The number of ether oxygens (including phenoxy) is 2. The van der Waals surface area contributed by atoms with E-state index < -0.39 is 41.8 Å². The number of rotatable bonds is 1. The molecular weight excluding hydrogens is 360 g/mol. The third-order valence-corrected chi connectivity index (χ3v) is 6.11. The van der Waals surface area contributed by atoms with Gasteiger partial charge in [0, 0.05) is 18.4 Å². The first kappa shape index (κ1) is 22.6. The van der Waals surface area contributed by atoms with Crippen molar-refractivity contribution in [3.63, 3.8) is 0 Å². The molecular formula is C22H34O6. The number of hydrogen-bond donors (Lipinski definition) is 2. The van der Waals surface area contributed by atoms with E-state index in [4.69, 9.17) is 9.47 Å². The van der Waals surface area contributed by atoms with E-state index in [1.807, 2.05) is 6.92 Å². The fourth-order valence-electron chi connectivity index (χ4n) is 4.14. The van der Waals surface area contributed by atoms with Gasteiger partial charge in [0.25, 0.3) is 0 Å². The summed E-state index contributed by atoms with van der Waals surface area (Å²) < 4.78 is 11.1. The highest BCUT2D eigenvalue weighted by Gasteiger charge is 2.48. The lowest BCUT2D eigenvalue weighted by Crippen LogP contribution is -2.45. The van der Waals surface area contributed by atoms with Crippen LogP contribution in [0.3, 0.4) is 0 Å². The number of aliphatic hydroxyl groups excluding tert-OH is 1. The monoisotopic (exact) mass is 394 g/mol. The molecule has 2 rings (SSSR count). The second-order valence-corrected chi connectivity index (χ2v) is 8.64. The Labute approximate surface area is 167 Å². The zero-order valence-electron chi connectivity index (χ0n) is 17.4. The third kappa shape index (κ3) is 5.45. The molecule has 2 aliphatic rings. The lowest BCUT2D eigenvalue weighted by atomic mass is 9.79. The van der Waals surface area contributed by atoms with E-state index >= 15 is 0 Å². The summed E-state index contributed by atoms with van der Waals surface area (Å²) in [6.07, 6.45) is 3.57. The van der Waals surface area contributed by atoms with Crippen LogP contribution in [0.15, 0.2) is 23.8 Å². The van der Waals surface area contributed by atoms with Crippen molar-refractivity contribution >= 4 is 11.9 Å². The molecule has 0 aromatic carbocycles. The van der Waals surface area contributed by atoms with Crippen LogP contribution < -0.4 is 0 Å². The summed E-state index contributed by atoms with van der Waals surface area (Å²) in [6.45, 7) is 10.8. The SMILES string of the molecule is C=C1C(=O)O[C@H]2[C@@H](OC(C)=O)[C@@H](C)CCC/C(C)=C/CC[C@](C)(O)[C@@H](O)C[C@@H]12. The lowest BCUT2D eigenvalue weighted by molar-refractivity contribution is -0.166. The van der Waals surface area contributed by atoms with Gasteiger partial charge in [-0.15, -0.1) is 0 Å². The Balaban J connectivity index is 2.37. The topological polar surface area (TPSA) is 93.1 Å². The van der Waals surface area contributed by atoms with Crippen molar-refractivity contribution in [3.05, 3.63) is 23.8 Å². The number of fused-ring (bicyclic) bond motifs is 1. The summed E-state index contributed by atoms with van der Waals surface area (Å²) in [7, 11) is 0. The highest BCUT2D eigenvalue weighted by molar-refractivity contribution is 5.91. The number of hydrogen-bond acceptors (Lipinski definition) is 6. The van der Waals surface area contributed by atoms with Gasteiger partial charge in [-0.2, -0.15) is 0 Å². The highest BCUT2D eigenvalue weighted by Crippen LogP contribution is 2.38. The minimum atomic E-state index is -1.31. The van der Waals surface area contributed by atoms with Crippen LogP contribution in [-0.2, 0) is 19.1 Å². The summed E-state index contributed by atoms with van der Waals surface area (Å²) >= 11 is 0. The average Bonchev–Trinajstić information content (AvgIpc) is 2.86. The van der Waals surface area contributed by atoms with Gasteiger partial charge in [0.1, 0.15) is 12.2 Å². The first-order valence-electron chi connectivity index (χ1n) is 10.2. The van der Waals surface area contributed by atoms with E-state index in [0.717, 1.165) is 19.3 Å². The van der Waals surface area contributed by atoms with Crippen LogP contribution in [0, 0.1) is 11.8 Å². The molecule has 0 spiro atoms. The lowest BCUT2D eigenvalue weighted by Gasteiger charge is -2.35. The van der Waals surface area contributed by atoms with Crippen LogP contribution in [0.2, 0.25) is 0 Å². The Morgan fingerprint density at radius 3 is 2.75 bits per heavy atom. The molecule has 0 amide bonds. The molecule has 0 saturated carbocycles. The van der Waals surface area contributed by atoms with E-state index in [2.05, 4.69) is 19.6 Å². The Hall–Kier alpha value is -1.66. The van der Waals surface area contributed by atoms with Crippen LogP contribution in [0.5, 0.6) is 0 Å². The molecule has 0 bridgehead atoms. The maximum absolute atomic E-state index is 12.2. The first-order valence-corrected chi connectivity index (χ1v) is 10.2. The molecule has 0 aromatic rings. The largest absolute Gasteiger partial charge is 0.458 e. The van der Waals surface area contributed by atoms with Crippen molar-refractivity contribution in [3.8, 4) is 0 Å². The highest BCUT2D eigenvalue weighted by atomic mass is 16.6. The standard InChI is InChI=1S/C22H34O6/c1-13-8-6-10-14(2)19(27-16(4)23)20-17(15(3)21(25)28-20)12-18(24)22(5,26)11-7-9-13/h9,14,17-20,24,26H,3,6-8,10-12H2,1-2,4-5H3/b13-9+/t14-,17-,18-,19-,20+,22-/m0/s1. The van der Waals surface area contributed by atoms with Gasteiger partial charge in [-0.05, 0) is 58.3 Å². The zero-order chi connectivity index (χ0) is 21.1. The molecule has 0 radical (unpaired) electrons. The molecule has 1 fully saturated rings. The molecule has 0 aromatic heterocycles. The van der Waals surface area contributed by atoms with Gasteiger partial charge in [-0.1, -0.05) is 25.2 Å². The van der Waals surface area contributed by atoms with Crippen LogP contribution in [0.4, 0.5) is 0 Å². The third-order valence-electron chi connectivity index (χ3n) is 6.11. The second-order valence-electron chi connectivity index (χ2n) is 8.64. The predicted octanol–water partition coefficient (Wildman–Crippen LogP) is 3.06. The molecule has 0 unspecified atom stereocenters. The van der Waals surface area contributed by atoms with Gasteiger partial charge in [0.05, 0.1) is 11.7 Å². The first-order chi connectivity index (χ1) is 13.0. The van der Waals surface area contributed by atoms with Crippen molar-refractivity contribution < 1.29 is 29.3 Å². The summed E-state index contributed by atoms with van der Waals surface area (Å²) in [5.41, 5.74) is 0.184. The van der Waals surface area contributed by atoms with E-state index in [-0.39, 0.29) is 17.9 Å². The van der Waals surface area contributed by atoms with E-state index in [1.165, 1.54) is 12.5 Å². The number of aliphatic hydroxyl groups is 2. The van der Waals surface area contributed by atoms with Crippen molar-refractivity contribution in [2.45, 2.75) is 90.1 Å². The molecule has 1 saturated heterocycles. The minimum Gasteiger partial charge on any atom is -0.458 e. The second kappa shape index (κ2) is 9.23. The molecule has 1 heterocycles. The van der Waals surface area contributed by atoms with E-state index in [9.17, 15) is 19.8 Å². The van der Waals surface area contributed by atoms with Gasteiger partial charge < -0.3 is 19.7 Å². The maximum atomic E-state index is 12.2. The average molecular weight is 395 g/mol. The Morgan fingerprint density at radius 1 is 1.43 bits per heavy atom. The Bertz CT molecular complexity index is 635. The molecule has 6 atom stereocenters. The zero-order valence-corrected chi connectivity index (χ0v) is 17.4. The molecule has 6 heteroatoms. The van der Waals surface area contributed by atoms with Crippen molar-refractivity contribution in [1.82, 2.24) is 0 Å². The van der Waals surface area contributed by atoms with Gasteiger partial charge in [-0.3, -0.25) is 4.79 Å². The summed E-state index contributed by atoms with van der Waals surface area (Å²) in [6, 6.07) is 0. The van der Waals surface area contributed by atoms with Crippen LogP contribution in [0.1, 0.15) is 66.2 Å². The summed E-state index contributed by atoms with van der Waals surface area (Å²) in [5, 5.41) is 21.5. The van der Waals surface area contributed by atoms with Gasteiger partial charge in [0.15, 0.2) is 0 Å². The molecule has 28 heavy (non-hydrogen) atoms. The van der Waals surface area contributed by atoms with Crippen molar-refractivity contribution in [2.24, 2.45) is 11.8 Å². The molecule has 6 nitrogen and oxygen atoms in total. The van der Waals surface area contributed by atoms with Crippen molar-refractivity contribution in [2.75, 3.05) is 0 Å². The normalized spacial score (nSPS) is 39.9. The molecule has 1 aliphatic heterocycles. The maximum Gasteiger partial charge on any atom is 0.334 e. The fourth-order valence-corrected chi connectivity index (χ4v) is 4.14. The van der Waals surface area contributed by atoms with Crippen molar-refractivity contribution in [1.29, 1.82) is 0 Å². The fraction of sp³-hybridized carbons (Fsp3) is 0.727. The van der Waals surface area contributed by atoms with Crippen LogP contribution >= 0.6 is 0 Å². The minimum absolute atomic E-state index is 0.0245. The van der Waals surface area contributed by atoms with Gasteiger partial charge >= 0.3 is 11.9 Å². The number of carbonyl (C=O) groups excluding carboxylic acids is 2. The molecule has 158 valence electrons. The van der Waals surface area contributed by atoms with Gasteiger partial charge in [0.2, 0.25) is 0 Å². The molecule has 1 aliphatic carbocycles. The van der Waals surface area contributed by atoms with Crippen LogP contribution in [0.25, 0.3) is 0 Å². The Morgan fingerprint density at radius 2 is 2.11 bits per heavy atom. The number of carbonyl (C=O) groups is 2. The smallest absolute Gasteiger partial charge is 0.334 e. The van der Waals surface area contributed by atoms with E-state index in [1.54, 1.807) is 6.92 Å². The number of allylic oxidation sites excluding steroid dienone is 2. The summed E-state index contributed by atoms with van der Waals surface area (Å²) in [4.78, 5) is 23.9. The Kier molecular flexibility index (Phi) is 7.46. The van der Waals surface area contributed by atoms with Gasteiger partial charge in [-0.25, -0.2) is 4.79 Å². The number of esters is 2. The predicted molar refractivity (Wildman–Crippen MR) is 105 cm³/mol. The summed E-state index contributed by atoms with van der Waals surface area (Å²) in [5.74, 6) is -1.51. The quantitative estimate of drug-likeness (QED) is 0.403. The molecule has 2 N–H and O–H groups in total. The van der Waals surface area contributed by atoms with E-state index in [0.29, 0.717) is 12.8 Å². The van der Waals surface area contributed by atoms with Crippen LogP contribution in [-0.4, -0.2) is 46.1 Å².